The number of benzene rings is 1. The van der Waals surface area contributed by atoms with Crippen molar-refractivity contribution in [3.8, 4) is 11.3 Å². The average Bonchev–Trinajstić information content (AvgIpc) is 3.16. The molecular formula is C20H21N3S2. The van der Waals surface area contributed by atoms with Gasteiger partial charge in [-0.15, -0.1) is 22.7 Å². The Kier molecular flexibility index (Phi) is 5.46. The minimum Gasteiger partial charge on any atom is -0.307 e. The Morgan fingerprint density at radius 3 is 2.32 bits per heavy atom. The van der Waals surface area contributed by atoms with Gasteiger partial charge in [-0.05, 0) is 33.3 Å². The van der Waals surface area contributed by atoms with Crippen LogP contribution in [0, 0.1) is 13.8 Å². The number of anilines is 2. The van der Waals surface area contributed by atoms with E-state index in [1.165, 1.54) is 9.75 Å². The van der Waals surface area contributed by atoms with Crippen molar-refractivity contribution >= 4 is 38.5 Å². The smallest absolute Gasteiger partial charge is 0.189 e. The maximum atomic E-state index is 4.76. The summed E-state index contributed by atoms with van der Waals surface area (Å²) in [4.78, 5) is 11.9. The van der Waals surface area contributed by atoms with Gasteiger partial charge in [-0.3, -0.25) is 0 Å². The fourth-order valence-electron chi connectivity index (χ4n) is 2.61. The van der Waals surface area contributed by atoms with Crippen molar-refractivity contribution in [1.82, 2.24) is 9.97 Å². The van der Waals surface area contributed by atoms with Crippen LogP contribution in [0.15, 0.2) is 48.6 Å². The number of thiazole rings is 2. The van der Waals surface area contributed by atoms with Crippen molar-refractivity contribution in [2.75, 3.05) is 5.32 Å². The molecule has 1 aromatic carbocycles. The Bertz CT molecular complexity index is 918. The van der Waals surface area contributed by atoms with Crippen LogP contribution in [0.4, 0.5) is 10.3 Å². The number of hydrogen-bond acceptors (Lipinski definition) is 5. The molecule has 2 heterocycles. The predicted octanol–water partition coefficient (Wildman–Crippen LogP) is 6.61. The number of hydrogen-bond donors (Lipinski definition) is 1. The van der Waals surface area contributed by atoms with E-state index in [4.69, 9.17) is 9.97 Å². The summed E-state index contributed by atoms with van der Waals surface area (Å²) in [5, 5.41) is 5.14. The van der Waals surface area contributed by atoms with Gasteiger partial charge >= 0.3 is 0 Å². The Balaban J connectivity index is 1.87. The lowest BCUT2D eigenvalue weighted by atomic mass is 10.1. The zero-order valence-corrected chi connectivity index (χ0v) is 16.5. The summed E-state index contributed by atoms with van der Waals surface area (Å²) in [5.41, 5.74) is 4.35. The minimum atomic E-state index is 0.879. The lowest BCUT2D eigenvalue weighted by Crippen LogP contribution is -1.90. The topological polar surface area (TPSA) is 37.8 Å². The first-order valence-electron chi connectivity index (χ1n) is 8.19. The molecule has 0 radical (unpaired) electrons. The molecule has 3 nitrogen and oxygen atoms in total. The zero-order chi connectivity index (χ0) is 17.8. The molecule has 3 rings (SSSR count). The summed E-state index contributed by atoms with van der Waals surface area (Å²) >= 11 is 3.32. The van der Waals surface area contributed by atoms with Crippen molar-refractivity contribution < 1.29 is 0 Å². The molecule has 128 valence electrons. The van der Waals surface area contributed by atoms with E-state index < -0.39 is 0 Å². The van der Waals surface area contributed by atoms with E-state index >= 15 is 0 Å². The van der Waals surface area contributed by atoms with Gasteiger partial charge in [-0.2, -0.15) is 0 Å². The number of rotatable bonds is 5. The summed E-state index contributed by atoms with van der Waals surface area (Å²) < 4.78 is 0. The Morgan fingerprint density at radius 1 is 0.960 bits per heavy atom. The van der Waals surface area contributed by atoms with E-state index in [2.05, 4.69) is 43.4 Å². The number of allylic oxidation sites excluding steroid dienone is 4. The Morgan fingerprint density at radius 2 is 1.64 bits per heavy atom. The maximum Gasteiger partial charge on any atom is 0.189 e. The van der Waals surface area contributed by atoms with Gasteiger partial charge in [0.1, 0.15) is 0 Å². The van der Waals surface area contributed by atoms with Gasteiger partial charge in [0.2, 0.25) is 0 Å². The maximum absolute atomic E-state index is 4.76. The summed E-state index contributed by atoms with van der Waals surface area (Å²) in [6.45, 7) is 8.27. The molecule has 0 unspecified atom stereocenters. The Hall–Kier alpha value is -2.24. The van der Waals surface area contributed by atoms with Crippen molar-refractivity contribution in [2.45, 2.75) is 27.7 Å². The highest BCUT2D eigenvalue weighted by atomic mass is 32.1. The minimum absolute atomic E-state index is 0.879. The number of aromatic nitrogens is 2. The zero-order valence-electron chi connectivity index (χ0n) is 14.8. The second-order valence-corrected chi connectivity index (χ2v) is 7.99. The average molecular weight is 368 g/mol. The highest BCUT2D eigenvalue weighted by Gasteiger charge is 2.13. The monoisotopic (exact) mass is 367 g/mol. The second-order valence-electron chi connectivity index (χ2n) is 5.58. The van der Waals surface area contributed by atoms with E-state index in [1.807, 2.05) is 38.1 Å². The van der Waals surface area contributed by atoms with Gasteiger partial charge in [0.25, 0.3) is 0 Å². The molecule has 0 spiro atoms. The van der Waals surface area contributed by atoms with Crippen LogP contribution < -0.4 is 5.32 Å². The van der Waals surface area contributed by atoms with Crippen LogP contribution in [0.25, 0.3) is 16.8 Å². The fraction of sp³-hybridized carbons (Fsp3) is 0.200. The molecule has 0 aliphatic heterocycles. The molecule has 1 N–H and O–H groups in total. The van der Waals surface area contributed by atoms with Crippen LogP contribution in [0.5, 0.6) is 0 Å². The van der Waals surface area contributed by atoms with E-state index in [0.717, 1.165) is 32.8 Å². The van der Waals surface area contributed by atoms with Crippen LogP contribution >= 0.6 is 22.7 Å². The largest absolute Gasteiger partial charge is 0.307 e. The third kappa shape index (κ3) is 3.89. The van der Waals surface area contributed by atoms with Crippen molar-refractivity contribution in [2.24, 2.45) is 0 Å². The number of nitrogens with one attached hydrogen (secondary N) is 1. The summed E-state index contributed by atoms with van der Waals surface area (Å²) in [6.07, 6.45) is 6.22. The molecule has 2 aromatic heterocycles. The third-order valence-electron chi connectivity index (χ3n) is 3.78. The molecule has 0 saturated heterocycles. The van der Waals surface area contributed by atoms with Crippen molar-refractivity contribution in [1.29, 1.82) is 0 Å². The van der Waals surface area contributed by atoms with Gasteiger partial charge in [-0.1, -0.05) is 48.6 Å². The third-order valence-corrected chi connectivity index (χ3v) is 5.56. The molecule has 3 aromatic rings. The molecule has 0 amide bonds. The SMILES string of the molecule is C/C=C\C(=C/C)c1nc(Nc2nc(-c3ccccc3)c(C)s2)sc1C. The lowest BCUT2D eigenvalue weighted by Gasteiger charge is -1.98. The number of aryl methyl sites for hydroxylation is 2. The first-order chi connectivity index (χ1) is 12.1. The molecule has 0 aliphatic rings. The molecule has 0 aliphatic carbocycles. The molecule has 0 saturated carbocycles. The summed E-state index contributed by atoms with van der Waals surface area (Å²) in [5.74, 6) is 0. The standard InChI is InChI=1S/C20H21N3S2/c1-5-10-15(6-2)17-13(3)24-19(21-17)23-20-22-18(14(4)25-20)16-11-8-7-9-12-16/h5-12H,1-4H3,(H,21,22,23)/b10-5-,15-6+. The van der Waals surface area contributed by atoms with E-state index in [-0.39, 0.29) is 0 Å². The van der Waals surface area contributed by atoms with Crippen molar-refractivity contribution in [3.63, 3.8) is 0 Å². The Labute approximate surface area is 156 Å². The summed E-state index contributed by atoms with van der Waals surface area (Å²) in [6, 6.07) is 10.3. The highest BCUT2D eigenvalue weighted by Crippen LogP contribution is 2.34. The lowest BCUT2D eigenvalue weighted by molar-refractivity contribution is 1.29. The van der Waals surface area contributed by atoms with Crippen LogP contribution in [0.1, 0.15) is 29.3 Å². The predicted molar refractivity (Wildman–Crippen MR) is 111 cm³/mol. The molecule has 0 bridgehead atoms. The molecule has 5 heteroatoms. The van der Waals surface area contributed by atoms with Crippen molar-refractivity contribution in [3.05, 3.63) is 64.0 Å². The van der Waals surface area contributed by atoms with E-state index in [1.54, 1.807) is 22.7 Å². The van der Waals surface area contributed by atoms with Crippen LogP contribution in [0.2, 0.25) is 0 Å². The first kappa shape index (κ1) is 17.6. The molecule has 0 fully saturated rings. The molecular weight excluding hydrogens is 346 g/mol. The molecule has 0 atom stereocenters. The van der Waals surface area contributed by atoms with Gasteiger partial charge in [0.15, 0.2) is 10.3 Å². The number of nitrogens with zero attached hydrogens (tertiary/aromatic N) is 2. The first-order valence-corrected chi connectivity index (χ1v) is 9.82. The second kappa shape index (κ2) is 7.76. The van der Waals surface area contributed by atoms with Gasteiger partial charge < -0.3 is 5.32 Å². The van der Waals surface area contributed by atoms with E-state index in [0.29, 0.717) is 0 Å². The normalized spacial score (nSPS) is 12.1. The fourth-order valence-corrected chi connectivity index (χ4v) is 4.35. The van der Waals surface area contributed by atoms with Gasteiger partial charge in [0, 0.05) is 15.3 Å². The van der Waals surface area contributed by atoms with Gasteiger partial charge in [-0.25, -0.2) is 9.97 Å². The van der Waals surface area contributed by atoms with Crippen LogP contribution in [-0.4, -0.2) is 9.97 Å². The van der Waals surface area contributed by atoms with E-state index in [9.17, 15) is 0 Å². The van der Waals surface area contributed by atoms with Gasteiger partial charge in [0.05, 0.1) is 11.4 Å². The van der Waals surface area contributed by atoms with Crippen LogP contribution in [-0.2, 0) is 0 Å². The quantitative estimate of drug-likeness (QED) is 0.516. The summed E-state index contributed by atoms with van der Waals surface area (Å²) in [7, 11) is 0. The highest BCUT2D eigenvalue weighted by molar-refractivity contribution is 7.18. The molecule has 25 heavy (non-hydrogen) atoms. The van der Waals surface area contributed by atoms with Crippen LogP contribution in [0.3, 0.4) is 0 Å².